The Bertz CT molecular complexity index is 776. The third kappa shape index (κ3) is 3.66. The Balaban J connectivity index is 1.64. The average molecular weight is 309 g/mol. The average Bonchev–Trinajstić information content (AvgIpc) is 3.20. The van der Waals surface area contributed by atoms with Gasteiger partial charge in [0.2, 0.25) is 0 Å². The largest absolute Gasteiger partial charge is 0.350 e. The molecule has 1 amide bonds. The maximum atomic E-state index is 12.4. The van der Waals surface area contributed by atoms with Gasteiger partial charge in [0, 0.05) is 43.4 Å². The second-order valence-corrected chi connectivity index (χ2v) is 5.28. The maximum absolute atomic E-state index is 12.4. The number of hydrogen-bond acceptors (Lipinski definition) is 3. The molecule has 0 fully saturated rings. The predicted octanol–water partition coefficient (Wildman–Crippen LogP) is 1.87. The quantitative estimate of drug-likeness (QED) is 0.756. The lowest BCUT2D eigenvalue weighted by molar-refractivity contribution is 0.0951. The van der Waals surface area contributed by atoms with Gasteiger partial charge in [0.15, 0.2) is 0 Å². The number of carbonyl (C=O) groups excluding carboxylic acids is 1. The van der Waals surface area contributed by atoms with Gasteiger partial charge in [-0.05, 0) is 24.6 Å². The number of hydrogen-bond donors (Lipinski definition) is 1. The molecular formula is C17H19N5O. The molecule has 3 aromatic rings. The van der Waals surface area contributed by atoms with Gasteiger partial charge in [0.05, 0.1) is 6.54 Å². The second-order valence-electron chi connectivity index (χ2n) is 5.28. The molecule has 2 heterocycles. The van der Waals surface area contributed by atoms with Crippen molar-refractivity contribution in [2.45, 2.75) is 20.0 Å². The molecule has 0 aliphatic carbocycles. The lowest BCUT2D eigenvalue weighted by Gasteiger charge is -2.11. The van der Waals surface area contributed by atoms with Crippen LogP contribution in [0.4, 0.5) is 0 Å². The summed E-state index contributed by atoms with van der Waals surface area (Å²) in [5.41, 5.74) is 1.64. The summed E-state index contributed by atoms with van der Waals surface area (Å²) >= 11 is 0. The Kier molecular flexibility index (Phi) is 4.52. The van der Waals surface area contributed by atoms with Gasteiger partial charge in [-0.1, -0.05) is 18.2 Å². The summed E-state index contributed by atoms with van der Waals surface area (Å²) in [6.07, 6.45) is 7.29. The fourth-order valence-corrected chi connectivity index (χ4v) is 2.47. The van der Waals surface area contributed by atoms with Gasteiger partial charge in [-0.3, -0.25) is 9.48 Å². The van der Waals surface area contributed by atoms with Gasteiger partial charge >= 0.3 is 0 Å². The molecule has 6 heteroatoms. The summed E-state index contributed by atoms with van der Waals surface area (Å²) in [5.74, 6) is 0.879. The molecule has 0 saturated carbocycles. The number of rotatable bonds is 6. The standard InChI is InChI=1S/C17H19N5O/c1-14-18-8-11-21(14)12-9-19-17(23)16-6-3-2-5-15(16)13-22-10-4-7-20-22/h2-8,10-11H,9,12-13H2,1H3,(H,19,23). The topological polar surface area (TPSA) is 64.7 Å². The molecule has 0 bridgehead atoms. The van der Waals surface area contributed by atoms with Crippen LogP contribution in [0.1, 0.15) is 21.7 Å². The van der Waals surface area contributed by atoms with Gasteiger partial charge < -0.3 is 9.88 Å². The zero-order chi connectivity index (χ0) is 16.1. The van der Waals surface area contributed by atoms with Gasteiger partial charge in [-0.2, -0.15) is 5.10 Å². The molecule has 0 aliphatic rings. The van der Waals surface area contributed by atoms with Crippen molar-refractivity contribution >= 4 is 5.91 Å². The first-order chi connectivity index (χ1) is 11.2. The van der Waals surface area contributed by atoms with E-state index in [0.29, 0.717) is 25.2 Å². The lowest BCUT2D eigenvalue weighted by Crippen LogP contribution is -2.28. The van der Waals surface area contributed by atoms with Crippen LogP contribution in [0.15, 0.2) is 55.1 Å². The minimum Gasteiger partial charge on any atom is -0.350 e. The predicted molar refractivity (Wildman–Crippen MR) is 87.1 cm³/mol. The maximum Gasteiger partial charge on any atom is 0.251 e. The van der Waals surface area contributed by atoms with Crippen LogP contribution >= 0.6 is 0 Å². The SMILES string of the molecule is Cc1nccn1CCNC(=O)c1ccccc1Cn1cccn1. The molecule has 118 valence electrons. The van der Waals surface area contributed by atoms with E-state index in [1.165, 1.54) is 0 Å². The number of aromatic nitrogens is 4. The van der Waals surface area contributed by atoms with Gasteiger partial charge in [0.1, 0.15) is 5.82 Å². The normalized spacial score (nSPS) is 10.7. The van der Waals surface area contributed by atoms with E-state index >= 15 is 0 Å². The molecule has 0 radical (unpaired) electrons. The first kappa shape index (κ1) is 15.0. The van der Waals surface area contributed by atoms with Crippen molar-refractivity contribution < 1.29 is 4.79 Å². The van der Waals surface area contributed by atoms with Crippen molar-refractivity contribution in [2.75, 3.05) is 6.54 Å². The number of benzene rings is 1. The summed E-state index contributed by atoms with van der Waals surface area (Å²) in [5, 5.41) is 7.16. The monoisotopic (exact) mass is 309 g/mol. The molecule has 3 rings (SSSR count). The fraction of sp³-hybridized carbons (Fsp3) is 0.235. The van der Waals surface area contributed by atoms with Crippen molar-refractivity contribution in [3.05, 3.63) is 72.1 Å². The highest BCUT2D eigenvalue weighted by Crippen LogP contribution is 2.10. The van der Waals surface area contributed by atoms with Crippen LogP contribution in [-0.2, 0) is 13.1 Å². The molecule has 23 heavy (non-hydrogen) atoms. The van der Waals surface area contributed by atoms with Crippen molar-refractivity contribution in [1.82, 2.24) is 24.6 Å². The van der Waals surface area contributed by atoms with Gasteiger partial charge in [0.25, 0.3) is 5.91 Å². The molecule has 0 aliphatic heterocycles. The summed E-state index contributed by atoms with van der Waals surface area (Å²) in [4.78, 5) is 16.6. The van der Waals surface area contributed by atoms with E-state index in [2.05, 4.69) is 15.4 Å². The molecule has 0 saturated heterocycles. The second kappa shape index (κ2) is 6.91. The van der Waals surface area contributed by atoms with Crippen LogP contribution in [0.3, 0.4) is 0 Å². The van der Waals surface area contributed by atoms with E-state index in [-0.39, 0.29) is 5.91 Å². The van der Waals surface area contributed by atoms with Gasteiger partial charge in [-0.25, -0.2) is 4.98 Å². The number of aryl methyl sites for hydroxylation is 1. The number of nitrogens with one attached hydrogen (secondary N) is 1. The molecule has 1 N–H and O–H groups in total. The summed E-state index contributed by atoms with van der Waals surface area (Å²) in [7, 11) is 0. The van der Waals surface area contributed by atoms with Crippen molar-refractivity contribution in [3.63, 3.8) is 0 Å². The Morgan fingerprint density at radius 1 is 1.17 bits per heavy atom. The first-order valence-electron chi connectivity index (χ1n) is 7.55. The van der Waals surface area contributed by atoms with Crippen LogP contribution in [0, 0.1) is 6.92 Å². The van der Waals surface area contributed by atoms with Crippen LogP contribution in [0.2, 0.25) is 0 Å². The molecule has 0 spiro atoms. The van der Waals surface area contributed by atoms with Crippen molar-refractivity contribution in [1.29, 1.82) is 0 Å². The smallest absolute Gasteiger partial charge is 0.251 e. The highest BCUT2D eigenvalue weighted by molar-refractivity contribution is 5.95. The molecule has 2 aromatic heterocycles. The van der Waals surface area contributed by atoms with E-state index in [1.807, 2.05) is 54.2 Å². The number of imidazole rings is 1. The minimum atomic E-state index is -0.0643. The molecule has 0 unspecified atom stereocenters. The zero-order valence-corrected chi connectivity index (χ0v) is 13.0. The van der Waals surface area contributed by atoms with Crippen LogP contribution in [-0.4, -0.2) is 31.8 Å². The Morgan fingerprint density at radius 3 is 2.78 bits per heavy atom. The molecular weight excluding hydrogens is 290 g/mol. The van der Waals surface area contributed by atoms with E-state index in [9.17, 15) is 4.79 Å². The first-order valence-corrected chi connectivity index (χ1v) is 7.55. The summed E-state index contributed by atoms with van der Waals surface area (Å²) < 4.78 is 3.82. The van der Waals surface area contributed by atoms with Crippen molar-refractivity contribution in [2.24, 2.45) is 0 Å². The van der Waals surface area contributed by atoms with Gasteiger partial charge in [-0.15, -0.1) is 0 Å². The lowest BCUT2D eigenvalue weighted by atomic mass is 10.1. The molecule has 0 atom stereocenters. The zero-order valence-electron chi connectivity index (χ0n) is 13.0. The van der Waals surface area contributed by atoms with E-state index < -0.39 is 0 Å². The third-order valence-electron chi connectivity index (χ3n) is 3.72. The number of carbonyl (C=O) groups is 1. The molecule has 1 aromatic carbocycles. The number of amides is 1. The molecule has 6 nitrogen and oxygen atoms in total. The van der Waals surface area contributed by atoms with Crippen LogP contribution in [0.5, 0.6) is 0 Å². The van der Waals surface area contributed by atoms with E-state index in [4.69, 9.17) is 0 Å². The Morgan fingerprint density at radius 2 is 2.04 bits per heavy atom. The summed E-state index contributed by atoms with van der Waals surface area (Å²) in [6, 6.07) is 9.48. The Hall–Kier alpha value is -2.89. The third-order valence-corrected chi connectivity index (χ3v) is 3.72. The highest BCUT2D eigenvalue weighted by Gasteiger charge is 2.11. The minimum absolute atomic E-state index is 0.0643. The highest BCUT2D eigenvalue weighted by atomic mass is 16.1. The van der Waals surface area contributed by atoms with Crippen molar-refractivity contribution in [3.8, 4) is 0 Å². The number of nitrogens with zero attached hydrogens (tertiary/aromatic N) is 4. The van der Waals surface area contributed by atoms with E-state index in [1.54, 1.807) is 17.1 Å². The fourth-order valence-electron chi connectivity index (χ4n) is 2.47. The van der Waals surface area contributed by atoms with E-state index in [0.717, 1.165) is 11.4 Å². The van der Waals surface area contributed by atoms with Crippen LogP contribution in [0.25, 0.3) is 0 Å². The summed E-state index contributed by atoms with van der Waals surface area (Å²) in [6.45, 7) is 3.80. The Labute approximate surface area is 134 Å². The van der Waals surface area contributed by atoms with Crippen LogP contribution < -0.4 is 5.32 Å².